The lowest BCUT2D eigenvalue weighted by Gasteiger charge is -2.38. The fourth-order valence-electron chi connectivity index (χ4n) is 3.31. The molecular weight excluding hydrogens is 296 g/mol. The third-order valence-corrected chi connectivity index (χ3v) is 5.39. The highest BCUT2D eigenvalue weighted by atomic mass is 32.2. The summed E-state index contributed by atoms with van der Waals surface area (Å²) in [5.74, 6) is 0. The summed E-state index contributed by atoms with van der Waals surface area (Å²) in [5.41, 5.74) is 1.27. The molecule has 0 saturated heterocycles. The first-order chi connectivity index (χ1) is 10.8. The van der Waals surface area contributed by atoms with Crippen LogP contribution in [0.1, 0.15) is 44.1 Å². The molecule has 1 fully saturated rings. The summed E-state index contributed by atoms with van der Waals surface area (Å²) in [6, 6.07) is 10.4. The highest BCUT2D eigenvalue weighted by Gasteiger charge is 2.35. The molecule has 0 aliphatic heterocycles. The van der Waals surface area contributed by atoms with Gasteiger partial charge in [0.1, 0.15) is 0 Å². The van der Waals surface area contributed by atoms with Gasteiger partial charge in [0.2, 0.25) is 0 Å². The molecule has 5 heteroatoms. The zero-order chi connectivity index (χ0) is 15.7. The largest absolute Gasteiger partial charge is 0.396 e. The number of aliphatic hydroxyl groups is 1. The van der Waals surface area contributed by atoms with Gasteiger partial charge in [0.05, 0.1) is 4.75 Å². The molecule has 1 saturated carbocycles. The van der Waals surface area contributed by atoms with Crippen LogP contribution in [-0.4, -0.2) is 34.4 Å². The number of hydrogen-bond acceptors (Lipinski definition) is 5. The molecule has 0 bridgehead atoms. The predicted octanol–water partition coefficient (Wildman–Crippen LogP) is 3.99. The second-order valence-corrected chi connectivity index (χ2v) is 7.38. The molecule has 0 spiro atoms. The van der Waals surface area contributed by atoms with Crippen molar-refractivity contribution in [3.8, 4) is 0 Å². The van der Waals surface area contributed by atoms with E-state index < -0.39 is 0 Å². The van der Waals surface area contributed by atoms with Crippen molar-refractivity contribution in [1.82, 2.24) is 4.90 Å². The van der Waals surface area contributed by atoms with Crippen LogP contribution in [-0.2, 0) is 6.54 Å². The van der Waals surface area contributed by atoms with Gasteiger partial charge in [-0.05, 0) is 24.8 Å². The van der Waals surface area contributed by atoms with Crippen LogP contribution in [0.25, 0.3) is 0 Å². The molecule has 1 aliphatic carbocycles. The first kappa shape index (κ1) is 17.4. The normalized spacial score (nSPS) is 17.5. The van der Waals surface area contributed by atoms with Crippen LogP contribution in [0.2, 0.25) is 0 Å². The van der Waals surface area contributed by atoms with E-state index in [0.29, 0.717) is 0 Å². The van der Waals surface area contributed by atoms with Gasteiger partial charge in [-0.1, -0.05) is 49.6 Å². The van der Waals surface area contributed by atoms with Crippen LogP contribution in [0, 0.1) is 4.91 Å². The quantitative estimate of drug-likeness (QED) is 0.552. The summed E-state index contributed by atoms with van der Waals surface area (Å²) in [5, 5.41) is 9.15. The molecule has 0 atom stereocenters. The summed E-state index contributed by atoms with van der Waals surface area (Å²) in [7, 11) is 0. The zero-order valence-electron chi connectivity index (χ0n) is 13.1. The Morgan fingerprint density at radius 3 is 2.55 bits per heavy atom. The van der Waals surface area contributed by atoms with Crippen molar-refractivity contribution in [1.29, 1.82) is 0 Å². The molecule has 1 aliphatic rings. The lowest BCUT2D eigenvalue weighted by molar-refractivity contribution is 0.188. The summed E-state index contributed by atoms with van der Waals surface area (Å²) in [6.07, 6.45) is 6.52. The minimum Gasteiger partial charge on any atom is -0.396 e. The molecule has 4 nitrogen and oxygen atoms in total. The van der Waals surface area contributed by atoms with Gasteiger partial charge in [0, 0.05) is 42.8 Å². The topological polar surface area (TPSA) is 52.9 Å². The van der Waals surface area contributed by atoms with Gasteiger partial charge >= 0.3 is 0 Å². The second-order valence-electron chi connectivity index (χ2n) is 6.18. The van der Waals surface area contributed by atoms with E-state index in [0.717, 1.165) is 38.9 Å². The third kappa shape index (κ3) is 5.38. The maximum atomic E-state index is 10.9. The molecule has 0 unspecified atom stereocenters. The average molecular weight is 322 g/mol. The van der Waals surface area contributed by atoms with Crippen molar-refractivity contribution < 1.29 is 5.11 Å². The molecule has 2 rings (SSSR count). The molecule has 0 heterocycles. The maximum Gasteiger partial charge on any atom is 0.0539 e. The van der Waals surface area contributed by atoms with Gasteiger partial charge < -0.3 is 5.11 Å². The van der Waals surface area contributed by atoms with Crippen molar-refractivity contribution in [2.45, 2.75) is 49.8 Å². The minimum absolute atomic E-state index is 0.0375. The zero-order valence-corrected chi connectivity index (χ0v) is 13.9. The number of rotatable bonds is 9. The Hall–Kier alpha value is -0.910. The molecule has 0 amide bonds. The molecule has 0 radical (unpaired) electrons. The van der Waals surface area contributed by atoms with Gasteiger partial charge in [-0.25, -0.2) is 0 Å². The Morgan fingerprint density at radius 1 is 1.18 bits per heavy atom. The van der Waals surface area contributed by atoms with Gasteiger partial charge in [-0.3, -0.25) is 4.90 Å². The first-order valence-electron chi connectivity index (χ1n) is 8.16. The van der Waals surface area contributed by atoms with Crippen molar-refractivity contribution >= 4 is 11.9 Å². The van der Waals surface area contributed by atoms with Crippen molar-refractivity contribution in [2.24, 2.45) is 4.58 Å². The highest BCUT2D eigenvalue weighted by Crippen LogP contribution is 2.41. The van der Waals surface area contributed by atoms with E-state index in [1.165, 1.54) is 36.8 Å². The van der Waals surface area contributed by atoms with Crippen molar-refractivity contribution in [2.75, 3.05) is 19.7 Å². The molecule has 122 valence electrons. The molecule has 1 N–H and O–H groups in total. The van der Waals surface area contributed by atoms with E-state index in [9.17, 15) is 4.91 Å². The fraction of sp³-hybridized carbons (Fsp3) is 0.647. The Bertz CT molecular complexity index is 436. The Labute approximate surface area is 137 Å². The minimum atomic E-state index is -0.0375. The summed E-state index contributed by atoms with van der Waals surface area (Å²) >= 11 is 1.24. The van der Waals surface area contributed by atoms with Gasteiger partial charge in [-0.15, -0.1) is 4.91 Å². The van der Waals surface area contributed by atoms with Crippen molar-refractivity contribution in [3.63, 3.8) is 0 Å². The molecular formula is C17H26N2O2S. The van der Waals surface area contributed by atoms with E-state index in [1.54, 1.807) is 0 Å². The number of nitroso groups, excluding NO2 is 1. The lowest BCUT2D eigenvalue weighted by Crippen LogP contribution is -2.42. The Morgan fingerprint density at radius 2 is 1.91 bits per heavy atom. The monoisotopic (exact) mass is 322 g/mol. The molecule has 1 aromatic carbocycles. The third-order valence-electron chi connectivity index (χ3n) is 4.39. The lowest BCUT2D eigenvalue weighted by atomic mass is 9.87. The van der Waals surface area contributed by atoms with Crippen LogP contribution >= 0.6 is 11.9 Å². The predicted molar refractivity (Wildman–Crippen MR) is 92.6 cm³/mol. The van der Waals surface area contributed by atoms with E-state index in [1.807, 2.05) is 6.07 Å². The second kappa shape index (κ2) is 9.28. The number of benzene rings is 1. The summed E-state index contributed by atoms with van der Waals surface area (Å²) in [6.45, 7) is 2.80. The average Bonchev–Trinajstić information content (AvgIpc) is 2.55. The summed E-state index contributed by atoms with van der Waals surface area (Å²) < 4.78 is 3.13. The number of nitrogens with zero attached hydrogens (tertiary/aromatic N) is 2. The van der Waals surface area contributed by atoms with Crippen LogP contribution in [0.4, 0.5) is 0 Å². The number of aliphatic hydroxyl groups excluding tert-OH is 1. The highest BCUT2D eigenvalue weighted by molar-refractivity contribution is 7.99. The van der Waals surface area contributed by atoms with E-state index in [2.05, 4.69) is 33.7 Å². The van der Waals surface area contributed by atoms with Crippen LogP contribution < -0.4 is 0 Å². The fourth-order valence-corrected chi connectivity index (χ4v) is 4.18. The Balaban J connectivity index is 2.04. The number of hydrogen-bond donors (Lipinski definition) is 1. The Kier molecular flexibility index (Phi) is 7.36. The molecule has 1 aromatic rings. The van der Waals surface area contributed by atoms with Gasteiger partial charge in [0.15, 0.2) is 0 Å². The van der Waals surface area contributed by atoms with E-state index in [4.69, 9.17) is 5.11 Å². The standard InChI is InChI=1S/C17H26N2O2S/c20-13-7-12-19(14-16-8-3-1-4-9-16)15-17(22-18-21)10-5-2-6-11-17/h1,3-4,8-9,20H,2,5-7,10-15H2. The van der Waals surface area contributed by atoms with Gasteiger partial charge in [0.25, 0.3) is 0 Å². The maximum absolute atomic E-state index is 10.9. The molecule has 0 aromatic heterocycles. The van der Waals surface area contributed by atoms with E-state index >= 15 is 0 Å². The van der Waals surface area contributed by atoms with Crippen LogP contribution in [0.3, 0.4) is 0 Å². The smallest absolute Gasteiger partial charge is 0.0539 e. The van der Waals surface area contributed by atoms with Crippen LogP contribution in [0.5, 0.6) is 0 Å². The van der Waals surface area contributed by atoms with Crippen molar-refractivity contribution in [3.05, 3.63) is 40.8 Å². The van der Waals surface area contributed by atoms with Crippen LogP contribution in [0.15, 0.2) is 34.9 Å². The SMILES string of the molecule is O=NSC1(CN(CCCO)Cc2ccccc2)CCCCC1. The first-order valence-corrected chi connectivity index (χ1v) is 8.93. The van der Waals surface area contributed by atoms with E-state index in [-0.39, 0.29) is 11.4 Å². The molecule has 22 heavy (non-hydrogen) atoms. The van der Waals surface area contributed by atoms with Gasteiger partial charge in [-0.2, -0.15) is 0 Å². The summed E-state index contributed by atoms with van der Waals surface area (Å²) in [4.78, 5) is 13.3.